The third kappa shape index (κ3) is 4.65. The number of hydrogen-bond acceptors (Lipinski definition) is 5. The molecule has 1 aromatic heterocycles. The second-order valence-electron chi connectivity index (χ2n) is 7.48. The summed E-state index contributed by atoms with van der Waals surface area (Å²) in [4.78, 5) is 22.2. The Hall–Kier alpha value is -3.27. The van der Waals surface area contributed by atoms with E-state index in [1.807, 2.05) is 36.4 Å². The van der Waals surface area contributed by atoms with E-state index in [0.29, 0.717) is 23.3 Å². The second kappa shape index (κ2) is 9.49. The van der Waals surface area contributed by atoms with Crippen molar-refractivity contribution < 1.29 is 0 Å². The van der Waals surface area contributed by atoms with Crippen molar-refractivity contribution >= 4 is 17.0 Å². The van der Waals surface area contributed by atoms with E-state index in [-0.39, 0.29) is 12.1 Å². The van der Waals surface area contributed by atoms with Crippen molar-refractivity contribution in [1.82, 2.24) is 19.4 Å². The van der Waals surface area contributed by atoms with Gasteiger partial charge >= 0.3 is 0 Å². The van der Waals surface area contributed by atoms with Gasteiger partial charge in [0.2, 0.25) is 0 Å². The molecule has 0 spiro atoms. The van der Waals surface area contributed by atoms with Gasteiger partial charge in [-0.05, 0) is 17.7 Å². The number of nitriles is 1. The molecule has 30 heavy (non-hydrogen) atoms. The van der Waals surface area contributed by atoms with Gasteiger partial charge < -0.3 is 0 Å². The first kappa shape index (κ1) is 20.0. The lowest BCUT2D eigenvalue weighted by Gasteiger charge is -2.34. The summed E-state index contributed by atoms with van der Waals surface area (Å²) < 4.78 is 1.51. The summed E-state index contributed by atoms with van der Waals surface area (Å²) in [6, 6.07) is 19.8. The molecule has 4 rings (SSSR count). The lowest BCUT2D eigenvalue weighted by Crippen LogP contribution is -2.46. The van der Waals surface area contributed by atoms with Crippen LogP contribution in [-0.4, -0.2) is 52.1 Å². The third-order valence-corrected chi connectivity index (χ3v) is 5.47. The second-order valence-corrected chi connectivity index (χ2v) is 7.48. The van der Waals surface area contributed by atoms with Crippen LogP contribution in [0.15, 0.2) is 65.5 Å². The lowest BCUT2D eigenvalue weighted by atomic mass is 10.2. The van der Waals surface area contributed by atoms with E-state index in [1.54, 1.807) is 6.07 Å². The van der Waals surface area contributed by atoms with Gasteiger partial charge in [0.05, 0.1) is 23.5 Å². The van der Waals surface area contributed by atoms with Gasteiger partial charge in [0.15, 0.2) is 0 Å². The number of hydrogen-bond donors (Lipinski definition) is 0. The highest BCUT2D eigenvalue weighted by Crippen LogP contribution is 2.12. The summed E-state index contributed by atoms with van der Waals surface area (Å²) in [5.41, 5.74) is 1.77. The van der Waals surface area contributed by atoms with Gasteiger partial charge in [-0.3, -0.25) is 19.2 Å². The molecule has 1 fully saturated rings. The molecule has 0 amide bonds. The molecule has 0 bridgehead atoms. The molecule has 6 nitrogen and oxygen atoms in total. The minimum absolute atomic E-state index is 0.0241. The van der Waals surface area contributed by atoms with Crippen LogP contribution >= 0.6 is 0 Å². The molecule has 6 heteroatoms. The Morgan fingerprint density at radius 3 is 2.43 bits per heavy atom. The topological polar surface area (TPSA) is 65.2 Å². The fraction of sp³-hybridized carbons (Fsp3) is 0.292. The number of piperazine rings is 1. The van der Waals surface area contributed by atoms with Gasteiger partial charge in [-0.2, -0.15) is 5.26 Å². The zero-order chi connectivity index (χ0) is 20.8. The molecule has 0 aliphatic carbocycles. The number of aromatic nitrogens is 2. The van der Waals surface area contributed by atoms with E-state index in [0.717, 1.165) is 32.7 Å². The summed E-state index contributed by atoms with van der Waals surface area (Å²) in [5.74, 6) is 0.665. The van der Waals surface area contributed by atoms with Gasteiger partial charge in [-0.15, -0.1) is 0 Å². The molecule has 1 saturated heterocycles. The van der Waals surface area contributed by atoms with Crippen LogP contribution in [0.1, 0.15) is 11.4 Å². The Bertz CT molecular complexity index is 1120. The maximum Gasteiger partial charge on any atom is 0.262 e. The number of nitrogens with zero attached hydrogens (tertiary/aromatic N) is 5. The predicted molar refractivity (Wildman–Crippen MR) is 119 cm³/mol. The van der Waals surface area contributed by atoms with E-state index < -0.39 is 0 Å². The normalized spacial score (nSPS) is 15.6. The predicted octanol–water partition coefficient (Wildman–Crippen LogP) is 2.75. The average Bonchev–Trinajstić information content (AvgIpc) is 2.78. The van der Waals surface area contributed by atoms with Crippen LogP contribution < -0.4 is 5.56 Å². The third-order valence-electron chi connectivity index (χ3n) is 5.47. The Kier molecular flexibility index (Phi) is 6.33. The number of fused-ring (bicyclic) bond motifs is 1. The highest BCUT2D eigenvalue weighted by molar-refractivity contribution is 5.77. The fourth-order valence-electron chi connectivity index (χ4n) is 3.80. The van der Waals surface area contributed by atoms with E-state index >= 15 is 0 Å². The maximum absolute atomic E-state index is 12.8. The van der Waals surface area contributed by atoms with Crippen LogP contribution in [0.4, 0.5) is 0 Å². The molecule has 0 atom stereocenters. The molecule has 0 radical (unpaired) electrons. The Morgan fingerprint density at radius 1 is 0.967 bits per heavy atom. The Balaban J connectivity index is 1.40. The molecule has 2 heterocycles. The van der Waals surface area contributed by atoms with Crippen molar-refractivity contribution in [1.29, 1.82) is 5.26 Å². The van der Waals surface area contributed by atoms with Crippen LogP contribution in [-0.2, 0) is 13.1 Å². The minimum Gasteiger partial charge on any atom is -0.297 e. The molecule has 3 aromatic rings. The molecule has 2 aromatic carbocycles. The maximum atomic E-state index is 12.8. The van der Waals surface area contributed by atoms with Gasteiger partial charge in [-0.25, -0.2) is 4.98 Å². The quantitative estimate of drug-likeness (QED) is 0.638. The molecule has 152 valence electrons. The van der Waals surface area contributed by atoms with Crippen molar-refractivity contribution in [3.8, 4) is 6.07 Å². The van der Waals surface area contributed by atoms with Crippen molar-refractivity contribution in [2.45, 2.75) is 13.1 Å². The van der Waals surface area contributed by atoms with Crippen LogP contribution in [0.3, 0.4) is 0 Å². The van der Waals surface area contributed by atoms with Crippen molar-refractivity contribution in [3.63, 3.8) is 0 Å². The first-order valence-corrected chi connectivity index (χ1v) is 10.3. The lowest BCUT2D eigenvalue weighted by molar-refractivity contribution is 0.133. The van der Waals surface area contributed by atoms with Gasteiger partial charge in [0, 0.05) is 32.7 Å². The van der Waals surface area contributed by atoms with Crippen molar-refractivity contribution in [2.24, 2.45) is 0 Å². The largest absolute Gasteiger partial charge is 0.297 e. The molecule has 1 aliphatic rings. The number of benzene rings is 2. The number of para-hydroxylation sites is 1. The number of rotatable bonds is 6. The first-order chi connectivity index (χ1) is 14.7. The van der Waals surface area contributed by atoms with E-state index in [9.17, 15) is 10.1 Å². The highest BCUT2D eigenvalue weighted by atomic mass is 16.1. The van der Waals surface area contributed by atoms with Crippen LogP contribution in [0.25, 0.3) is 17.0 Å². The summed E-state index contributed by atoms with van der Waals surface area (Å²) in [6.07, 6.45) is 4.37. The zero-order valence-electron chi connectivity index (χ0n) is 16.9. The van der Waals surface area contributed by atoms with Crippen molar-refractivity contribution in [3.05, 3.63) is 82.4 Å². The fourth-order valence-corrected chi connectivity index (χ4v) is 3.80. The van der Waals surface area contributed by atoms with E-state index in [2.05, 4.69) is 40.2 Å². The van der Waals surface area contributed by atoms with E-state index in [4.69, 9.17) is 4.98 Å². The minimum atomic E-state index is -0.137. The van der Waals surface area contributed by atoms with Gasteiger partial charge in [0.25, 0.3) is 5.56 Å². The van der Waals surface area contributed by atoms with E-state index in [1.165, 1.54) is 10.1 Å². The van der Waals surface area contributed by atoms with Gasteiger partial charge in [0.1, 0.15) is 12.4 Å². The SMILES string of the molecule is N#CCn1c(CN2CCN(C/C=C/c3ccccc3)CC2)nc2ccccc2c1=O. The smallest absolute Gasteiger partial charge is 0.262 e. The Labute approximate surface area is 176 Å². The Morgan fingerprint density at radius 2 is 1.67 bits per heavy atom. The van der Waals surface area contributed by atoms with Gasteiger partial charge in [-0.1, -0.05) is 54.6 Å². The molecular weight excluding hydrogens is 374 g/mol. The van der Waals surface area contributed by atoms with Crippen LogP contribution in [0, 0.1) is 11.3 Å². The molecule has 0 saturated carbocycles. The zero-order valence-corrected chi connectivity index (χ0v) is 16.9. The summed E-state index contributed by atoms with van der Waals surface area (Å²) in [5, 5.41) is 9.74. The van der Waals surface area contributed by atoms with Crippen LogP contribution in [0.2, 0.25) is 0 Å². The van der Waals surface area contributed by atoms with Crippen LogP contribution in [0.5, 0.6) is 0 Å². The van der Waals surface area contributed by atoms with Crippen molar-refractivity contribution in [2.75, 3.05) is 32.7 Å². The summed E-state index contributed by atoms with van der Waals surface area (Å²) >= 11 is 0. The monoisotopic (exact) mass is 399 g/mol. The molecule has 1 aliphatic heterocycles. The standard InChI is InChI=1S/C24H25N5O/c25-12-14-29-23(26-22-11-5-4-10-21(22)24(29)30)19-28-17-15-27(16-18-28)13-6-9-20-7-2-1-3-8-20/h1-11H,13-19H2/b9-6+. The molecule has 0 unspecified atom stereocenters. The first-order valence-electron chi connectivity index (χ1n) is 10.3. The molecule has 0 N–H and O–H groups in total. The molecular formula is C24H25N5O. The summed E-state index contributed by atoms with van der Waals surface area (Å²) in [7, 11) is 0. The summed E-state index contributed by atoms with van der Waals surface area (Å²) in [6.45, 7) is 5.29. The average molecular weight is 399 g/mol. The highest BCUT2D eigenvalue weighted by Gasteiger charge is 2.19.